The van der Waals surface area contributed by atoms with E-state index in [9.17, 15) is 4.79 Å². The molecule has 1 rings (SSSR count). The molecule has 1 heterocycles. The van der Waals surface area contributed by atoms with Crippen LogP contribution in [0.4, 0.5) is 0 Å². The quantitative estimate of drug-likeness (QED) is 0.718. The first-order valence-corrected chi connectivity index (χ1v) is 4.46. The van der Waals surface area contributed by atoms with Crippen molar-refractivity contribution in [2.75, 3.05) is 0 Å². The number of hydrogen-bond acceptors (Lipinski definition) is 3. The number of nitrogens with zero attached hydrogens (tertiary/aromatic N) is 1. The molecule has 72 valence electrons. The van der Waals surface area contributed by atoms with Gasteiger partial charge in [-0.3, -0.25) is 4.79 Å². The van der Waals surface area contributed by atoms with Crippen molar-refractivity contribution in [2.45, 2.75) is 33.6 Å². The Balaban J connectivity index is 2.95. The van der Waals surface area contributed by atoms with Gasteiger partial charge in [0.15, 0.2) is 0 Å². The number of aryl methyl sites for hydroxylation is 1. The third-order valence-electron chi connectivity index (χ3n) is 2.06. The second-order valence-corrected chi connectivity index (χ2v) is 3.70. The normalized spacial score (nSPS) is 13.3. The lowest BCUT2D eigenvalue weighted by Gasteiger charge is -2.13. The minimum Gasteiger partial charge on any atom is -0.360 e. The number of ketones is 1. The summed E-state index contributed by atoms with van der Waals surface area (Å²) in [6.45, 7) is 7.45. The molecule has 0 saturated carbocycles. The number of aromatic nitrogens is 1. The maximum absolute atomic E-state index is 11.3. The second-order valence-electron chi connectivity index (χ2n) is 3.70. The molecule has 0 saturated heterocycles. The molecule has 0 radical (unpaired) electrons. The Morgan fingerprint density at radius 2 is 2.15 bits per heavy atom. The van der Waals surface area contributed by atoms with Crippen LogP contribution in [0.2, 0.25) is 0 Å². The standard InChI is InChI=1S/C10H15NO2/c1-6(2)10(8(4)12)9-5-7(3)11-13-9/h5-6,10H,1-4H3/t10-/m0/s1. The van der Waals surface area contributed by atoms with Gasteiger partial charge in [-0.2, -0.15) is 0 Å². The maximum atomic E-state index is 11.3. The Morgan fingerprint density at radius 3 is 2.46 bits per heavy atom. The molecular formula is C10H15NO2. The molecule has 0 N–H and O–H groups in total. The van der Waals surface area contributed by atoms with Crippen LogP contribution >= 0.6 is 0 Å². The zero-order valence-electron chi connectivity index (χ0n) is 8.50. The molecule has 0 amide bonds. The van der Waals surface area contributed by atoms with Crippen LogP contribution in [0, 0.1) is 12.8 Å². The number of Topliss-reactive ketones (excluding diaryl/α,β-unsaturated/α-hetero) is 1. The van der Waals surface area contributed by atoms with Gasteiger partial charge < -0.3 is 4.52 Å². The topological polar surface area (TPSA) is 43.1 Å². The van der Waals surface area contributed by atoms with Crippen LogP contribution in [-0.4, -0.2) is 10.9 Å². The van der Waals surface area contributed by atoms with Crippen molar-refractivity contribution >= 4 is 5.78 Å². The Kier molecular flexibility index (Phi) is 2.86. The van der Waals surface area contributed by atoms with Gasteiger partial charge in [0.05, 0.1) is 11.6 Å². The molecule has 0 unspecified atom stereocenters. The first kappa shape index (κ1) is 9.96. The molecule has 0 fully saturated rings. The molecule has 0 spiro atoms. The molecule has 1 atom stereocenters. The summed E-state index contributed by atoms with van der Waals surface area (Å²) in [7, 11) is 0. The molecule has 3 nitrogen and oxygen atoms in total. The van der Waals surface area contributed by atoms with Crippen LogP contribution in [0.15, 0.2) is 10.6 Å². The highest BCUT2D eigenvalue weighted by Gasteiger charge is 2.24. The highest BCUT2D eigenvalue weighted by Crippen LogP contribution is 2.25. The fourth-order valence-corrected chi connectivity index (χ4v) is 1.53. The Morgan fingerprint density at radius 1 is 1.54 bits per heavy atom. The summed E-state index contributed by atoms with van der Waals surface area (Å²) >= 11 is 0. The van der Waals surface area contributed by atoms with Gasteiger partial charge in [0.2, 0.25) is 0 Å². The summed E-state index contributed by atoms with van der Waals surface area (Å²) in [5.74, 6) is 0.914. The Hall–Kier alpha value is -1.12. The monoisotopic (exact) mass is 181 g/mol. The lowest BCUT2D eigenvalue weighted by Crippen LogP contribution is -2.14. The van der Waals surface area contributed by atoms with Crippen LogP contribution in [0.3, 0.4) is 0 Å². The van der Waals surface area contributed by atoms with Crippen LogP contribution in [0.25, 0.3) is 0 Å². The smallest absolute Gasteiger partial charge is 0.147 e. The molecule has 0 aliphatic rings. The molecule has 0 bridgehead atoms. The molecule has 0 aliphatic heterocycles. The summed E-state index contributed by atoms with van der Waals surface area (Å²) < 4.78 is 5.08. The highest BCUT2D eigenvalue weighted by atomic mass is 16.5. The van der Waals surface area contributed by atoms with Crippen molar-refractivity contribution in [3.8, 4) is 0 Å². The molecule has 3 heteroatoms. The van der Waals surface area contributed by atoms with E-state index in [4.69, 9.17) is 4.52 Å². The second kappa shape index (κ2) is 3.73. The van der Waals surface area contributed by atoms with Crippen molar-refractivity contribution < 1.29 is 9.32 Å². The molecule has 0 aromatic carbocycles. The Labute approximate surface area is 78.1 Å². The predicted octanol–water partition coefficient (Wildman–Crippen LogP) is 2.31. The maximum Gasteiger partial charge on any atom is 0.147 e. The van der Waals surface area contributed by atoms with Crippen molar-refractivity contribution in [1.82, 2.24) is 5.16 Å². The number of hydrogen-bond donors (Lipinski definition) is 0. The van der Waals surface area contributed by atoms with E-state index < -0.39 is 0 Å². The minimum absolute atomic E-state index is 0.131. The van der Waals surface area contributed by atoms with Gasteiger partial charge >= 0.3 is 0 Å². The zero-order valence-corrected chi connectivity index (χ0v) is 8.50. The lowest BCUT2D eigenvalue weighted by atomic mass is 9.90. The van der Waals surface area contributed by atoms with Gasteiger partial charge in [-0.15, -0.1) is 0 Å². The third-order valence-corrected chi connectivity index (χ3v) is 2.06. The number of carbonyl (C=O) groups is 1. The molecule has 0 aliphatic carbocycles. The van der Waals surface area contributed by atoms with Crippen molar-refractivity contribution in [3.05, 3.63) is 17.5 Å². The van der Waals surface area contributed by atoms with Gasteiger partial charge in [-0.05, 0) is 19.8 Å². The fourth-order valence-electron chi connectivity index (χ4n) is 1.53. The summed E-state index contributed by atoms with van der Waals surface area (Å²) in [6, 6.07) is 1.83. The molecule has 1 aromatic heterocycles. The zero-order chi connectivity index (χ0) is 10.0. The van der Waals surface area contributed by atoms with Gasteiger partial charge in [0.25, 0.3) is 0 Å². The molecule has 1 aromatic rings. The third kappa shape index (κ3) is 2.17. The average Bonchev–Trinajstić information content (AvgIpc) is 2.34. The molecule has 13 heavy (non-hydrogen) atoms. The van der Waals surface area contributed by atoms with Gasteiger partial charge in [0.1, 0.15) is 11.5 Å². The van der Waals surface area contributed by atoms with Crippen molar-refractivity contribution in [2.24, 2.45) is 5.92 Å². The van der Waals surface area contributed by atoms with Gasteiger partial charge in [-0.1, -0.05) is 19.0 Å². The Bertz CT molecular complexity index is 302. The van der Waals surface area contributed by atoms with Gasteiger partial charge in [0, 0.05) is 6.07 Å². The molecular weight excluding hydrogens is 166 g/mol. The van der Waals surface area contributed by atoms with Crippen LogP contribution in [0.1, 0.15) is 38.1 Å². The van der Waals surface area contributed by atoms with Crippen molar-refractivity contribution in [1.29, 1.82) is 0 Å². The highest BCUT2D eigenvalue weighted by molar-refractivity contribution is 5.82. The van der Waals surface area contributed by atoms with E-state index in [-0.39, 0.29) is 17.6 Å². The summed E-state index contributed by atoms with van der Waals surface area (Å²) in [5.41, 5.74) is 0.821. The van der Waals surface area contributed by atoms with Crippen LogP contribution in [-0.2, 0) is 4.79 Å². The van der Waals surface area contributed by atoms with Gasteiger partial charge in [-0.25, -0.2) is 0 Å². The predicted molar refractivity (Wildman–Crippen MR) is 49.5 cm³/mol. The largest absolute Gasteiger partial charge is 0.360 e. The van der Waals surface area contributed by atoms with E-state index in [0.29, 0.717) is 5.76 Å². The number of rotatable bonds is 3. The summed E-state index contributed by atoms with van der Waals surface area (Å²) in [5, 5.41) is 3.78. The average molecular weight is 181 g/mol. The first-order chi connectivity index (χ1) is 6.02. The van der Waals surface area contributed by atoms with Crippen molar-refractivity contribution in [3.63, 3.8) is 0 Å². The van der Waals surface area contributed by atoms with E-state index in [1.54, 1.807) is 6.92 Å². The first-order valence-electron chi connectivity index (χ1n) is 4.46. The SMILES string of the molecule is CC(=O)[C@@H](c1cc(C)no1)C(C)C. The number of carbonyl (C=O) groups excluding carboxylic acids is 1. The van der Waals surface area contributed by atoms with E-state index in [0.717, 1.165) is 5.69 Å². The van der Waals surface area contributed by atoms with Crippen LogP contribution < -0.4 is 0 Å². The van der Waals surface area contributed by atoms with E-state index in [1.165, 1.54) is 0 Å². The fraction of sp³-hybridized carbons (Fsp3) is 0.600. The van der Waals surface area contributed by atoms with E-state index in [2.05, 4.69) is 5.16 Å². The van der Waals surface area contributed by atoms with E-state index >= 15 is 0 Å². The van der Waals surface area contributed by atoms with E-state index in [1.807, 2.05) is 26.8 Å². The minimum atomic E-state index is -0.152. The lowest BCUT2D eigenvalue weighted by molar-refractivity contribution is -0.119. The summed E-state index contributed by atoms with van der Waals surface area (Å²) in [4.78, 5) is 11.3. The summed E-state index contributed by atoms with van der Waals surface area (Å²) in [6.07, 6.45) is 0. The van der Waals surface area contributed by atoms with Crippen LogP contribution in [0.5, 0.6) is 0 Å².